The molecule has 6 fully saturated rings. The van der Waals surface area contributed by atoms with Crippen LogP contribution in [0.15, 0.2) is 12.7 Å². The summed E-state index contributed by atoms with van der Waals surface area (Å²) in [4.78, 5) is 27.4. The van der Waals surface area contributed by atoms with Gasteiger partial charge in [0, 0.05) is 44.8 Å². The number of carbonyl (C=O) groups is 2. The van der Waals surface area contributed by atoms with Gasteiger partial charge in [-0.1, -0.05) is 20.4 Å². The first-order valence-electron chi connectivity index (χ1n) is 17.2. The Hall–Kier alpha value is -0.960. The van der Waals surface area contributed by atoms with Crippen molar-refractivity contribution < 1.29 is 45.3 Å². The maximum absolute atomic E-state index is 12.6. The first-order chi connectivity index (χ1) is 20.1. The molecule has 7 nitrogen and oxygen atoms in total. The van der Waals surface area contributed by atoms with Gasteiger partial charge in [0.05, 0.1) is 32.8 Å². The van der Waals surface area contributed by atoms with Gasteiger partial charge in [0.25, 0.3) is 0 Å². The van der Waals surface area contributed by atoms with Gasteiger partial charge in [-0.15, -0.1) is 0 Å². The Balaban J connectivity index is 0.00000368. The molecule has 10 atom stereocenters. The van der Waals surface area contributed by atoms with Crippen LogP contribution < -0.4 is 17.0 Å². The van der Waals surface area contributed by atoms with Crippen LogP contribution in [0.3, 0.4) is 0 Å². The fraction of sp³-hybridized carbons (Fsp3) is 0.886. The summed E-state index contributed by atoms with van der Waals surface area (Å²) in [5, 5.41) is 0. The van der Waals surface area contributed by atoms with Gasteiger partial charge >= 0.3 is 11.9 Å². The van der Waals surface area contributed by atoms with Crippen LogP contribution >= 0.6 is 0 Å². The third-order valence-corrected chi connectivity index (χ3v) is 13.6. The van der Waals surface area contributed by atoms with E-state index in [4.69, 9.17) is 14.2 Å². The molecule has 8 heteroatoms. The second kappa shape index (κ2) is 13.0. The summed E-state index contributed by atoms with van der Waals surface area (Å²) in [7, 11) is 0. The quantitative estimate of drug-likeness (QED) is 0.247. The summed E-state index contributed by atoms with van der Waals surface area (Å²) in [5.41, 5.74) is 0.264. The molecule has 2 heterocycles. The van der Waals surface area contributed by atoms with Crippen LogP contribution in [-0.2, 0) is 23.8 Å². The van der Waals surface area contributed by atoms with E-state index < -0.39 is 0 Å². The van der Waals surface area contributed by atoms with Crippen LogP contribution in [0.2, 0.25) is 0 Å². The Kier molecular flexibility index (Phi) is 10.1. The van der Waals surface area contributed by atoms with E-state index in [0.717, 1.165) is 56.6 Å². The molecule has 244 valence electrons. The number of ether oxygens (including phenoxy) is 3. The Morgan fingerprint density at radius 2 is 1.65 bits per heavy atom. The third-order valence-electron chi connectivity index (χ3n) is 13.6. The van der Waals surface area contributed by atoms with Crippen molar-refractivity contribution in [3.63, 3.8) is 0 Å². The lowest BCUT2D eigenvalue weighted by molar-refractivity contribution is -0.952. The highest BCUT2D eigenvalue weighted by atomic mass is 79.9. The van der Waals surface area contributed by atoms with Gasteiger partial charge in [-0.3, -0.25) is 14.5 Å². The average molecular weight is 666 g/mol. The molecule has 0 aromatic heterocycles. The van der Waals surface area contributed by atoms with E-state index in [-0.39, 0.29) is 58.0 Å². The molecule has 0 bridgehead atoms. The molecule has 0 spiro atoms. The minimum atomic E-state index is -0.146. The molecule has 6 rings (SSSR count). The predicted molar refractivity (Wildman–Crippen MR) is 162 cm³/mol. The van der Waals surface area contributed by atoms with Crippen LogP contribution in [0.5, 0.6) is 0 Å². The van der Waals surface area contributed by atoms with Crippen LogP contribution in [0.4, 0.5) is 0 Å². The highest BCUT2D eigenvalue weighted by Gasteiger charge is 2.67. The number of nitrogens with zero attached hydrogens (tertiary/aromatic N) is 2. The first kappa shape index (κ1) is 33.4. The summed E-state index contributed by atoms with van der Waals surface area (Å²) in [6, 6.07) is 0.637. The topological polar surface area (TPSA) is 65.1 Å². The van der Waals surface area contributed by atoms with Crippen molar-refractivity contribution in [2.24, 2.45) is 34.5 Å². The van der Waals surface area contributed by atoms with Gasteiger partial charge in [0.1, 0.15) is 12.1 Å². The Labute approximate surface area is 270 Å². The number of rotatable bonds is 6. The number of halogens is 1. The lowest BCUT2D eigenvalue weighted by Crippen LogP contribution is -3.00. The molecule has 6 aliphatic rings. The average Bonchev–Trinajstić information content (AvgIpc) is 3.26. The molecule has 0 aromatic rings. The molecule has 2 aliphatic heterocycles. The Morgan fingerprint density at radius 3 is 2.30 bits per heavy atom. The highest BCUT2D eigenvalue weighted by Crippen LogP contribution is 2.67. The van der Waals surface area contributed by atoms with Crippen LogP contribution in [0, 0.1) is 34.5 Å². The Morgan fingerprint density at radius 1 is 0.953 bits per heavy atom. The van der Waals surface area contributed by atoms with Crippen molar-refractivity contribution in [2.45, 2.75) is 116 Å². The van der Waals surface area contributed by atoms with E-state index in [9.17, 15) is 9.59 Å². The van der Waals surface area contributed by atoms with E-state index >= 15 is 0 Å². The fourth-order valence-electron chi connectivity index (χ4n) is 11.8. The van der Waals surface area contributed by atoms with Crippen molar-refractivity contribution in [1.82, 2.24) is 4.90 Å². The van der Waals surface area contributed by atoms with Crippen molar-refractivity contribution in [1.29, 1.82) is 0 Å². The number of morpholine rings is 1. The maximum atomic E-state index is 12.6. The van der Waals surface area contributed by atoms with E-state index in [1.54, 1.807) is 13.8 Å². The van der Waals surface area contributed by atoms with E-state index in [1.807, 2.05) is 0 Å². The lowest BCUT2D eigenvalue weighted by atomic mass is 9.44. The number of hydrogen-bond donors (Lipinski definition) is 0. The SMILES string of the molecule is C=CC[N+]1([C@H]2CC3C4CC[C@H]5C[C@H](OC(C)=O)[C@@H](N6CCOCC6)C[C@]5(C)C4CC[C@]3(C)[C@H]2OC(C)=O)CCCCC1.[Br-]. The molecule has 0 amide bonds. The minimum absolute atomic E-state index is 0. The molecule has 0 N–H and O–H groups in total. The second-order valence-electron chi connectivity index (χ2n) is 15.5. The van der Waals surface area contributed by atoms with Gasteiger partial charge in [0.15, 0.2) is 6.10 Å². The normalized spacial score (nSPS) is 44.1. The highest BCUT2D eigenvalue weighted by molar-refractivity contribution is 5.66. The predicted octanol–water partition coefficient (Wildman–Crippen LogP) is 2.37. The number of carbonyl (C=O) groups excluding carboxylic acids is 2. The number of piperidine rings is 1. The van der Waals surface area contributed by atoms with Crippen molar-refractivity contribution in [3.05, 3.63) is 12.7 Å². The number of fused-ring (bicyclic) bond motifs is 5. The van der Waals surface area contributed by atoms with Gasteiger partial charge in [-0.05, 0) is 93.0 Å². The zero-order valence-electron chi connectivity index (χ0n) is 27.2. The van der Waals surface area contributed by atoms with Gasteiger partial charge < -0.3 is 35.7 Å². The first-order valence-corrected chi connectivity index (χ1v) is 17.2. The van der Waals surface area contributed by atoms with Crippen LogP contribution in [0.25, 0.3) is 0 Å². The standard InChI is InChI=1S/C35H57N2O5.BrH/c1-6-16-37(17-8-7-9-18-37)31-22-29-27-11-10-26-21-32(41-24(2)38)30(36-14-19-40-20-15-36)23-35(26,5)28(27)12-13-34(29,4)33(31)42-25(3)39;/h6,26-33H,1,7-23H2,2-5H3;1H/q+1;/p-1/t26-,27?,28?,29?,30-,31-,32-,33-,34-,35-;/m0./s1. The summed E-state index contributed by atoms with van der Waals surface area (Å²) >= 11 is 0. The minimum Gasteiger partial charge on any atom is -1.00 e. The molecule has 2 saturated heterocycles. The number of hydrogen-bond acceptors (Lipinski definition) is 6. The fourth-order valence-corrected chi connectivity index (χ4v) is 11.8. The van der Waals surface area contributed by atoms with E-state index in [0.29, 0.717) is 29.7 Å². The van der Waals surface area contributed by atoms with Gasteiger partial charge in [-0.25, -0.2) is 0 Å². The molecule has 3 unspecified atom stereocenters. The maximum Gasteiger partial charge on any atom is 0.303 e. The molecule has 4 saturated carbocycles. The largest absolute Gasteiger partial charge is 1.00 e. The molecule has 43 heavy (non-hydrogen) atoms. The molecular formula is C35H57BrN2O5. The van der Waals surface area contributed by atoms with Crippen molar-refractivity contribution in [3.8, 4) is 0 Å². The second-order valence-corrected chi connectivity index (χ2v) is 15.5. The molecular weight excluding hydrogens is 608 g/mol. The summed E-state index contributed by atoms with van der Waals surface area (Å²) in [6.45, 7) is 19.2. The monoisotopic (exact) mass is 664 g/mol. The van der Waals surface area contributed by atoms with E-state index in [2.05, 4.69) is 31.4 Å². The summed E-state index contributed by atoms with van der Waals surface area (Å²) in [6.07, 6.45) is 14.0. The summed E-state index contributed by atoms with van der Waals surface area (Å²) in [5.74, 6) is 2.24. The molecule has 0 radical (unpaired) electrons. The van der Waals surface area contributed by atoms with E-state index in [1.165, 1.54) is 58.0 Å². The van der Waals surface area contributed by atoms with Crippen LogP contribution in [-0.4, -0.2) is 91.6 Å². The lowest BCUT2D eigenvalue weighted by Gasteiger charge is -2.62. The van der Waals surface area contributed by atoms with Gasteiger partial charge in [-0.2, -0.15) is 0 Å². The Bertz CT molecular complexity index is 1030. The third kappa shape index (κ3) is 5.89. The molecule has 4 aliphatic carbocycles. The van der Waals surface area contributed by atoms with Crippen molar-refractivity contribution in [2.75, 3.05) is 45.9 Å². The van der Waals surface area contributed by atoms with Gasteiger partial charge in [0.2, 0.25) is 0 Å². The number of quaternary nitrogens is 1. The van der Waals surface area contributed by atoms with Crippen LogP contribution in [0.1, 0.15) is 91.9 Å². The smallest absolute Gasteiger partial charge is 0.303 e. The zero-order chi connectivity index (χ0) is 29.7. The summed E-state index contributed by atoms with van der Waals surface area (Å²) < 4.78 is 19.3. The number of likely N-dealkylation sites (tertiary alicyclic amines) is 1. The van der Waals surface area contributed by atoms with Crippen molar-refractivity contribution >= 4 is 11.9 Å². The molecule has 0 aromatic carbocycles. The number of esters is 2. The zero-order valence-corrected chi connectivity index (χ0v) is 28.8.